The number of rotatable bonds is 3. The minimum Gasteiger partial charge on any atom is -0.383 e. The van der Waals surface area contributed by atoms with E-state index in [0.717, 1.165) is 32.6 Å². The summed E-state index contributed by atoms with van der Waals surface area (Å²) in [7, 11) is 1.88. The second kappa shape index (κ2) is 5.66. The van der Waals surface area contributed by atoms with Gasteiger partial charge in [-0.3, -0.25) is 4.68 Å². The highest BCUT2D eigenvalue weighted by Crippen LogP contribution is 2.39. The Labute approximate surface area is 136 Å². The lowest BCUT2D eigenvalue weighted by Gasteiger charge is -2.03. The summed E-state index contributed by atoms with van der Waals surface area (Å²) in [6.45, 7) is 2.16. The van der Waals surface area contributed by atoms with Gasteiger partial charge in [0.25, 0.3) is 0 Å². The van der Waals surface area contributed by atoms with Crippen molar-refractivity contribution in [2.45, 2.75) is 13.3 Å². The molecule has 5 heteroatoms. The van der Waals surface area contributed by atoms with E-state index in [2.05, 4.69) is 52.2 Å². The van der Waals surface area contributed by atoms with E-state index in [4.69, 9.17) is 5.73 Å². The van der Waals surface area contributed by atoms with Crippen LogP contribution in [0, 0.1) is 0 Å². The highest BCUT2D eigenvalue weighted by molar-refractivity contribution is 9.10. The van der Waals surface area contributed by atoms with Crippen molar-refractivity contribution in [2.75, 3.05) is 5.73 Å². The summed E-state index contributed by atoms with van der Waals surface area (Å²) in [6, 6.07) is 12.5. The van der Waals surface area contributed by atoms with Gasteiger partial charge < -0.3 is 5.73 Å². The lowest BCUT2D eigenvalue weighted by atomic mass is 10.0. The summed E-state index contributed by atoms with van der Waals surface area (Å²) < 4.78 is 2.80. The van der Waals surface area contributed by atoms with Crippen LogP contribution >= 0.6 is 27.3 Å². The molecule has 0 spiro atoms. The van der Waals surface area contributed by atoms with Crippen LogP contribution in [0.25, 0.3) is 21.7 Å². The maximum atomic E-state index is 6.24. The molecule has 3 nitrogen and oxygen atoms in total. The van der Waals surface area contributed by atoms with Crippen molar-refractivity contribution in [3.05, 3.63) is 45.7 Å². The molecular formula is C16H16BrN3S. The third-order valence-corrected chi connectivity index (χ3v) is 5.23. The van der Waals surface area contributed by atoms with Gasteiger partial charge in [-0.25, -0.2) is 0 Å². The van der Waals surface area contributed by atoms with Crippen molar-refractivity contribution < 1.29 is 0 Å². The predicted molar refractivity (Wildman–Crippen MR) is 93.4 cm³/mol. The van der Waals surface area contributed by atoms with Gasteiger partial charge in [-0.2, -0.15) is 5.10 Å². The molecule has 0 aliphatic carbocycles. The number of benzene rings is 1. The van der Waals surface area contributed by atoms with Crippen molar-refractivity contribution in [1.29, 1.82) is 0 Å². The van der Waals surface area contributed by atoms with Crippen LogP contribution in [0.3, 0.4) is 0 Å². The Balaban J connectivity index is 2.17. The molecule has 0 bridgehead atoms. The van der Waals surface area contributed by atoms with Gasteiger partial charge in [0.05, 0.1) is 10.4 Å². The van der Waals surface area contributed by atoms with E-state index in [1.807, 2.05) is 19.2 Å². The molecule has 0 saturated heterocycles. The first kappa shape index (κ1) is 14.4. The molecule has 0 atom stereocenters. The highest BCUT2D eigenvalue weighted by Gasteiger charge is 2.18. The summed E-state index contributed by atoms with van der Waals surface area (Å²) in [5.74, 6) is 0.693. The number of hydrogen-bond donors (Lipinski definition) is 1. The van der Waals surface area contributed by atoms with E-state index in [9.17, 15) is 0 Å². The van der Waals surface area contributed by atoms with Gasteiger partial charge in [0, 0.05) is 16.4 Å². The molecular weight excluding hydrogens is 346 g/mol. The lowest BCUT2D eigenvalue weighted by molar-refractivity contribution is 0.783. The first-order valence-electron chi connectivity index (χ1n) is 6.77. The number of nitrogens with two attached hydrogens (primary N) is 1. The molecule has 0 fully saturated rings. The van der Waals surface area contributed by atoms with E-state index in [0.29, 0.717) is 5.82 Å². The summed E-state index contributed by atoms with van der Waals surface area (Å²) in [4.78, 5) is 2.52. The molecule has 0 aliphatic rings. The van der Waals surface area contributed by atoms with Crippen LogP contribution in [-0.4, -0.2) is 9.78 Å². The minimum absolute atomic E-state index is 0.693. The molecule has 3 rings (SSSR count). The Morgan fingerprint density at radius 2 is 1.90 bits per heavy atom. The van der Waals surface area contributed by atoms with Crippen molar-refractivity contribution in [2.24, 2.45) is 7.05 Å². The van der Waals surface area contributed by atoms with Gasteiger partial charge in [-0.15, -0.1) is 11.3 Å². The molecule has 108 valence electrons. The topological polar surface area (TPSA) is 43.8 Å². The van der Waals surface area contributed by atoms with Crippen molar-refractivity contribution in [1.82, 2.24) is 9.78 Å². The number of nitrogens with zero attached hydrogens (tertiary/aromatic N) is 2. The van der Waals surface area contributed by atoms with Gasteiger partial charge in [-0.05, 0) is 36.2 Å². The predicted octanol–water partition coefficient (Wildman–Crippen LogP) is 4.72. The van der Waals surface area contributed by atoms with Crippen LogP contribution in [0.1, 0.15) is 11.8 Å². The summed E-state index contributed by atoms with van der Waals surface area (Å²) in [5, 5.41) is 4.62. The average molecular weight is 362 g/mol. The van der Waals surface area contributed by atoms with Gasteiger partial charge in [0.15, 0.2) is 0 Å². The van der Waals surface area contributed by atoms with Crippen molar-refractivity contribution in [3.8, 4) is 21.7 Å². The molecule has 0 amide bonds. The zero-order valence-electron chi connectivity index (χ0n) is 11.9. The minimum atomic E-state index is 0.693. The quantitative estimate of drug-likeness (QED) is 0.733. The van der Waals surface area contributed by atoms with E-state index in [1.54, 1.807) is 16.0 Å². The van der Waals surface area contributed by atoms with Crippen molar-refractivity contribution >= 4 is 33.1 Å². The van der Waals surface area contributed by atoms with Crippen LogP contribution in [0.5, 0.6) is 0 Å². The third kappa shape index (κ3) is 2.63. The number of aryl methyl sites for hydroxylation is 2. The normalized spacial score (nSPS) is 11.0. The molecule has 0 unspecified atom stereocenters. The first-order chi connectivity index (χ1) is 10.1. The summed E-state index contributed by atoms with van der Waals surface area (Å²) in [6.07, 6.45) is 1.04. The lowest BCUT2D eigenvalue weighted by Crippen LogP contribution is -1.97. The Bertz CT molecular complexity index is 771. The largest absolute Gasteiger partial charge is 0.383 e. The van der Waals surface area contributed by atoms with E-state index >= 15 is 0 Å². The zero-order chi connectivity index (χ0) is 15.0. The van der Waals surface area contributed by atoms with Crippen LogP contribution in [-0.2, 0) is 13.5 Å². The number of aromatic nitrogens is 2. The Hall–Kier alpha value is -1.59. The molecule has 2 N–H and O–H groups in total. The first-order valence-corrected chi connectivity index (χ1v) is 8.38. The fourth-order valence-corrected chi connectivity index (χ4v) is 3.51. The van der Waals surface area contributed by atoms with Crippen LogP contribution in [0.4, 0.5) is 5.82 Å². The van der Waals surface area contributed by atoms with E-state index in [1.165, 1.54) is 4.88 Å². The molecule has 1 aromatic carbocycles. The molecule has 3 aromatic rings. The molecule has 0 radical (unpaired) electrons. The summed E-state index contributed by atoms with van der Waals surface area (Å²) in [5.41, 5.74) is 9.30. The fourth-order valence-electron chi connectivity index (χ4n) is 2.31. The molecule has 21 heavy (non-hydrogen) atoms. The van der Waals surface area contributed by atoms with Crippen LogP contribution in [0.2, 0.25) is 0 Å². The number of hydrogen-bond acceptors (Lipinski definition) is 3. The maximum absolute atomic E-state index is 6.24. The Morgan fingerprint density at radius 3 is 2.52 bits per heavy atom. The zero-order valence-corrected chi connectivity index (χ0v) is 14.3. The average Bonchev–Trinajstić information content (AvgIpc) is 3.06. The molecule has 2 aromatic heterocycles. The van der Waals surface area contributed by atoms with Crippen LogP contribution < -0.4 is 5.73 Å². The molecule has 2 heterocycles. The Kier molecular flexibility index (Phi) is 3.87. The van der Waals surface area contributed by atoms with Crippen LogP contribution in [0.15, 0.2) is 40.9 Å². The smallest absolute Gasteiger partial charge is 0.129 e. The number of anilines is 1. The molecule has 0 saturated carbocycles. The Morgan fingerprint density at radius 1 is 1.19 bits per heavy atom. The highest BCUT2D eigenvalue weighted by atomic mass is 79.9. The fraction of sp³-hybridized carbons (Fsp3) is 0.188. The summed E-state index contributed by atoms with van der Waals surface area (Å²) >= 11 is 5.25. The second-order valence-electron chi connectivity index (χ2n) is 4.86. The van der Waals surface area contributed by atoms with Crippen molar-refractivity contribution in [3.63, 3.8) is 0 Å². The van der Waals surface area contributed by atoms with Gasteiger partial charge in [-0.1, -0.05) is 35.0 Å². The van der Waals surface area contributed by atoms with E-state index in [-0.39, 0.29) is 0 Å². The number of halogens is 1. The third-order valence-electron chi connectivity index (χ3n) is 3.47. The number of thiophene rings is 1. The van der Waals surface area contributed by atoms with E-state index < -0.39 is 0 Å². The van der Waals surface area contributed by atoms with Gasteiger partial charge in [0.2, 0.25) is 0 Å². The maximum Gasteiger partial charge on any atom is 0.129 e. The number of nitrogen functional groups attached to an aromatic ring is 1. The monoisotopic (exact) mass is 361 g/mol. The van der Waals surface area contributed by atoms with Gasteiger partial charge in [0.1, 0.15) is 11.5 Å². The van der Waals surface area contributed by atoms with Gasteiger partial charge >= 0.3 is 0 Å². The SMILES string of the molecule is CCc1ccc(-c2nn(C)c(N)c2-c2ccc(Br)cc2)s1. The second-order valence-corrected chi connectivity index (χ2v) is 6.94. The molecule has 0 aliphatic heterocycles. The standard InChI is InChI=1S/C16H16BrN3S/c1-3-12-8-9-13(21-12)15-14(16(18)20(2)19-15)10-4-6-11(17)7-5-10/h4-9H,3,18H2,1-2H3.